The number of benzene rings is 1. The van der Waals surface area contributed by atoms with Crippen LogP contribution in [-0.2, 0) is 14.8 Å². The maximum Gasteiger partial charge on any atom is 0.251 e. The molecule has 2 aliphatic rings. The van der Waals surface area contributed by atoms with Gasteiger partial charge in [-0.1, -0.05) is 25.3 Å². The lowest BCUT2D eigenvalue weighted by Gasteiger charge is -2.41. The molecule has 28 heavy (non-hydrogen) atoms. The number of amides is 2. The number of likely N-dealkylation sites (tertiary alicyclic amines) is 1. The molecule has 1 heterocycles. The van der Waals surface area contributed by atoms with Gasteiger partial charge in [0.2, 0.25) is 15.9 Å². The van der Waals surface area contributed by atoms with Crippen LogP contribution in [0.25, 0.3) is 0 Å². The van der Waals surface area contributed by atoms with E-state index < -0.39 is 15.9 Å². The molecule has 1 saturated carbocycles. The minimum absolute atomic E-state index is 0.0517. The smallest absolute Gasteiger partial charge is 0.251 e. The fourth-order valence-corrected chi connectivity index (χ4v) is 5.15. The molecule has 0 unspecified atom stereocenters. The van der Waals surface area contributed by atoms with Gasteiger partial charge in [0.05, 0.1) is 11.4 Å². The number of nitrogens with zero attached hydrogens (tertiary/aromatic N) is 2. The minimum atomic E-state index is -3.61. The predicted molar refractivity (Wildman–Crippen MR) is 106 cm³/mol. The Balaban J connectivity index is 1.57. The van der Waals surface area contributed by atoms with Crippen molar-refractivity contribution in [2.45, 2.75) is 37.0 Å². The van der Waals surface area contributed by atoms with E-state index in [1.165, 1.54) is 58.0 Å². The fraction of sp³-hybridized carbons (Fsp3) is 0.600. The average molecular weight is 408 g/mol. The van der Waals surface area contributed by atoms with Gasteiger partial charge in [-0.05, 0) is 42.9 Å². The number of nitrogens with one attached hydrogen (secondary N) is 1. The van der Waals surface area contributed by atoms with Gasteiger partial charge in [-0.15, -0.1) is 0 Å². The maximum atomic E-state index is 12.5. The second-order valence-corrected chi connectivity index (χ2v) is 10.1. The SMILES string of the molecule is CN(C)S(=O)(=O)c1cccc(C(=O)NCC(=O)N2CC[C@@H]3CCCC[C@@H]3C2)c1. The van der Waals surface area contributed by atoms with Crippen LogP contribution in [0.3, 0.4) is 0 Å². The van der Waals surface area contributed by atoms with Crippen molar-refractivity contribution >= 4 is 21.8 Å². The maximum absolute atomic E-state index is 12.5. The summed E-state index contributed by atoms with van der Waals surface area (Å²) in [5.41, 5.74) is 0.224. The number of hydrogen-bond donors (Lipinski definition) is 1. The van der Waals surface area contributed by atoms with E-state index in [4.69, 9.17) is 0 Å². The molecule has 1 saturated heterocycles. The standard InChI is InChI=1S/C20H29N3O4S/c1-22(2)28(26,27)18-9-5-8-16(12-18)20(25)21-13-19(24)23-11-10-15-6-3-4-7-17(15)14-23/h5,8-9,12,15,17H,3-4,6-7,10-11,13-14H2,1-2H3,(H,21,25)/t15-,17+/m0/s1. The summed E-state index contributed by atoms with van der Waals surface area (Å²) in [5.74, 6) is 0.815. The van der Waals surface area contributed by atoms with Crippen molar-refractivity contribution in [3.05, 3.63) is 29.8 Å². The summed E-state index contributed by atoms with van der Waals surface area (Å²) in [6.07, 6.45) is 6.05. The van der Waals surface area contributed by atoms with E-state index in [9.17, 15) is 18.0 Å². The highest BCUT2D eigenvalue weighted by Crippen LogP contribution is 2.35. The minimum Gasteiger partial charge on any atom is -0.343 e. The van der Waals surface area contributed by atoms with Crippen molar-refractivity contribution in [3.8, 4) is 0 Å². The van der Waals surface area contributed by atoms with Crippen LogP contribution < -0.4 is 5.32 Å². The normalized spacial score (nSPS) is 22.6. The number of piperidine rings is 1. The van der Waals surface area contributed by atoms with Gasteiger partial charge in [0, 0.05) is 32.7 Å². The number of sulfonamides is 1. The van der Waals surface area contributed by atoms with Crippen molar-refractivity contribution in [2.75, 3.05) is 33.7 Å². The lowest BCUT2D eigenvalue weighted by molar-refractivity contribution is -0.133. The summed E-state index contributed by atoms with van der Waals surface area (Å²) in [6.45, 7) is 1.48. The van der Waals surface area contributed by atoms with Crippen LogP contribution in [0.5, 0.6) is 0 Å². The third-order valence-corrected chi connectivity index (χ3v) is 7.73. The number of rotatable bonds is 5. The molecule has 0 aromatic heterocycles. The van der Waals surface area contributed by atoms with Gasteiger partial charge in [0.15, 0.2) is 0 Å². The number of carbonyl (C=O) groups excluding carboxylic acids is 2. The Labute approximate surface area is 167 Å². The van der Waals surface area contributed by atoms with Gasteiger partial charge < -0.3 is 10.2 Å². The summed E-state index contributed by atoms with van der Waals surface area (Å²) in [5, 5.41) is 2.64. The quantitative estimate of drug-likeness (QED) is 0.805. The van der Waals surface area contributed by atoms with E-state index in [1.54, 1.807) is 6.07 Å². The van der Waals surface area contributed by atoms with E-state index in [0.29, 0.717) is 5.92 Å². The predicted octanol–water partition coefficient (Wildman–Crippen LogP) is 1.71. The van der Waals surface area contributed by atoms with Crippen molar-refractivity contribution in [3.63, 3.8) is 0 Å². The molecular weight excluding hydrogens is 378 g/mol. The molecule has 2 atom stereocenters. The Kier molecular flexibility index (Phi) is 6.40. The molecule has 0 spiro atoms. The molecule has 1 N–H and O–H groups in total. The first-order chi connectivity index (χ1) is 13.3. The molecule has 0 bridgehead atoms. The molecule has 0 radical (unpaired) electrons. The number of hydrogen-bond acceptors (Lipinski definition) is 4. The fourth-order valence-electron chi connectivity index (χ4n) is 4.21. The van der Waals surface area contributed by atoms with Crippen LogP contribution in [0, 0.1) is 11.8 Å². The largest absolute Gasteiger partial charge is 0.343 e. The molecule has 1 aliphatic heterocycles. The van der Waals surface area contributed by atoms with Crippen LogP contribution in [-0.4, -0.2) is 63.2 Å². The second kappa shape index (κ2) is 8.61. The molecule has 154 valence electrons. The topological polar surface area (TPSA) is 86.8 Å². The lowest BCUT2D eigenvalue weighted by Crippen LogP contribution is -2.48. The Hall–Kier alpha value is -1.93. The molecule has 2 amide bonds. The zero-order valence-electron chi connectivity index (χ0n) is 16.6. The monoisotopic (exact) mass is 407 g/mol. The summed E-state index contributed by atoms with van der Waals surface area (Å²) in [7, 11) is -0.733. The van der Waals surface area contributed by atoms with Crippen molar-refractivity contribution in [1.29, 1.82) is 0 Å². The van der Waals surface area contributed by atoms with Crippen LogP contribution >= 0.6 is 0 Å². The van der Waals surface area contributed by atoms with Crippen LogP contribution in [0.2, 0.25) is 0 Å². The highest BCUT2D eigenvalue weighted by molar-refractivity contribution is 7.89. The van der Waals surface area contributed by atoms with Crippen molar-refractivity contribution in [2.24, 2.45) is 11.8 Å². The second-order valence-electron chi connectivity index (χ2n) is 7.93. The third kappa shape index (κ3) is 4.55. The Morgan fingerprint density at radius 3 is 2.57 bits per heavy atom. The van der Waals surface area contributed by atoms with Crippen molar-refractivity contribution < 1.29 is 18.0 Å². The first-order valence-corrected chi connectivity index (χ1v) is 11.3. The van der Waals surface area contributed by atoms with E-state index in [0.717, 1.165) is 29.7 Å². The summed E-state index contributed by atoms with van der Waals surface area (Å²) in [4.78, 5) is 26.9. The molecule has 7 nitrogen and oxygen atoms in total. The van der Waals surface area contributed by atoms with Crippen LogP contribution in [0.1, 0.15) is 42.5 Å². The lowest BCUT2D eigenvalue weighted by atomic mass is 9.75. The Morgan fingerprint density at radius 1 is 1.14 bits per heavy atom. The van der Waals surface area contributed by atoms with Gasteiger partial charge in [0.25, 0.3) is 5.91 Å². The summed E-state index contributed by atoms with van der Waals surface area (Å²) in [6, 6.07) is 5.86. The zero-order valence-corrected chi connectivity index (χ0v) is 17.4. The Bertz CT molecular complexity index is 838. The molecule has 1 aromatic rings. The molecule has 2 fully saturated rings. The zero-order chi connectivity index (χ0) is 20.3. The van der Waals surface area contributed by atoms with Gasteiger partial charge in [-0.2, -0.15) is 0 Å². The number of carbonyl (C=O) groups is 2. The first-order valence-electron chi connectivity index (χ1n) is 9.87. The molecule has 3 rings (SSSR count). The van der Waals surface area contributed by atoms with Gasteiger partial charge in [-0.25, -0.2) is 12.7 Å². The van der Waals surface area contributed by atoms with Gasteiger partial charge in [0.1, 0.15) is 0 Å². The molecule has 8 heteroatoms. The molecule has 1 aliphatic carbocycles. The molecular formula is C20H29N3O4S. The highest BCUT2D eigenvalue weighted by atomic mass is 32.2. The summed E-state index contributed by atoms with van der Waals surface area (Å²) < 4.78 is 25.6. The number of fused-ring (bicyclic) bond motifs is 1. The van der Waals surface area contributed by atoms with E-state index in [-0.39, 0.29) is 22.9 Å². The van der Waals surface area contributed by atoms with Crippen molar-refractivity contribution in [1.82, 2.24) is 14.5 Å². The van der Waals surface area contributed by atoms with Gasteiger partial charge >= 0.3 is 0 Å². The van der Waals surface area contributed by atoms with E-state index >= 15 is 0 Å². The van der Waals surface area contributed by atoms with Crippen LogP contribution in [0.4, 0.5) is 0 Å². The molecule has 1 aromatic carbocycles. The Morgan fingerprint density at radius 2 is 1.86 bits per heavy atom. The van der Waals surface area contributed by atoms with E-state index in [2.05, 4.69) is 5.32 Å². The first kappa shape index (κ1) is 20.8. The third-order valence-electron chi connectivity index (χ3n) is 5.92. The van der Waals surface area contributed by atoms with Crippen LogP contribution in [0.15, 0.2) is 29.2 Å². The highest BCUT2D eigenvalue weighted by Gasteiger charge is 2.32. The summed E-state index contributed by atoms with van der Waals surface area (Å²) >= 11 is 0. The van der Waals surface area contributed by atoms with E-state index in [1.807, 2.05) is 4.90 Å². The van der Waals surface area contributed by atoms with Gasteiger partial charge in [-0.3, -0.25) is 9.59 Å². The average Bonchev–Trinajstić information content (AvgIpc) is 2.71.